The summed E-state index contributed by atoms with van der Waals surface area (Å²) in [6.07, 6.45) is 0. The molecule has 9 aromatic carbocycles. The second-order valence-electron chi connectivity index (χ2n) is 15.3. The van der Waals surface area contributed by atoms with Crippen LogP contribution < -0.4 is 0 Å². The van der Waals surface area contributed by atoms with Gasteiger partial charge in [-0.2, -0.15) is 0 Å². The van der Waals surface area contributed by atoms with Crippen LogP contribution in [0.5, 0.6) is 0 Å². The standard InChI is InChI=1S/C53H36N2/c1-53(2)45-24-11-10-20-39(45)43-32-36(28-30-46(43)53)49-40-21-8-9-22-41(40)50(52-51(34-16-4-3-5-17-34)54-47-25-12-13-26-48(47)55-52)42-29-27-35(31-44(42)49)38-23-14-18-33-15-6-7-19-37(33)38/h3-32H,1-2H3. The number of para-hydroxylation sites is 2. The summed E-state index contributed by atoms with van der Waals surface area (Å²) in [6, 6.07) is 66.0. The minimum absolute atomic E-state index is 0.0669. The molecule has 0 unspecified atom stereocenters. The van der Waals surface area contributed by atoms with Gasteiger partial charge in [-0.3, -0.25) is 0 Å². The van der Waals surface area contributed by atoms with Gasteiger partial charge in [-0.1, -0.05) is 172 Å². The molecule has 0 bridgehead atoms. The zero-order valence-corrected chi connectivity index (χ0v) is 30.7. The minimum atomic E-state index is -0.0669. The van der Waals surface area contributed by atoms with Crippen LogP contribution in [0.3, 0.4) is 0 Å². The molecular weight excluding hydrogens is 665 g/mol. The molecule has 258 valence electrons. The van der Waals surface area contributed by atoms with Gasteiger partial charge in [0, 0.05) is 16.5 Å². The molecule has 1 aliphatic rings. The Labute approximate surface area is 320 Å². The summed E-state index contributed by atoms with van der Waals surface area (Å²) >= 11 is 0. The molecule has 0 radical (unpaired) electrons. The van der Waals surface area contributed by atoms with Crippen LogP contribution in [0.2, 0.25) is 0 Å². The van der Waals surface area contributed by atoms with Gasteiger partial charge in [-0.15, -0.1) is 0 Å². The topological polar surface area (TPSA) is 25.8 Å². The molecule has 2 heteroatoms. The van der Waals surface area contributed by atoms with Crippen LogP contribution in [0.25, 0.3) is 99.2 Å². The molecular formula is C53H36N2. The van der Waals surface area contributed by atoms with E-state index in [1.807, 2.05) is 12.1 Å². The average molecular weight is 701 g/mol. The first-order chi connectivity index (χ1) is 27.0. The number of aromatic nitrogens is 2. The van der Waals surface area contributed by atoms with Crippen LogP contribution in [0.15, 0.2) is 182 Å². The molecule has 0 saturated heterocycles. The van der Waals surface area contributed by atoms with Crippen LogP contribution in [0.4, 0.5) is 0 Å². The van der Waals surface area contributed by atoms with Crippen molar-refractivity contribution in [1.29, 1.82) is 0 Å². The predicted octanol–water partition coefficient (Wildman–Crippen LogP) is 14.1. The fraction of sp³-hybridized carbons (Fsp3) is 0.0566. The van der Waals surface area contributed by atoms with Gasteiger partial charge in [-0.05, 0) is 101 Å². The molecule has 55 heavy (non-hydrogen) atoms. The Morgan fingerprint density at radius 3 is 1.75 bits per heavy atom. The summed E-state index contributed by atoms with van der Waals surface area (Å²) in [6.45, 7) is 4.70. The van der Waals surface area contributed by atoms with Gasteiger partial charge in [0.2, 0.25) is 0 Å². The number of fused-ring (bicyclic) bond motifs is 7. The highest BCUT2D eigenvalue weighted by Gasteiger charge is 2.35. The lowest BCUT2D eigenvalue weighted by molar-refractivity contribution is 0.660. The van der Waals surface area contributed by atoms with Crippen molar-refractivity contribution in [2.75, 3.05) is 0 Å². The van der Waals surface area contributed by atoms with Crippen molar-refractivity contribution >= 4 is 43.4 Å². The quantitative estimate of drug-likeness (QED) is 0.171. The maximum absolute atomic E-state index is 5.47. The lowest BCUT2D eigenvalue weighted by Gasteiger charge is -2.22. The molecule has 0 saturated carbocycles. The first-order valence-corrected chi connectivity index (χ1v) is 19.1. The molecule has 0 spiro atoms. The monoisotopic (exact) mass is 700 g/mol. The maximum Gasteiger partial charge on any atom is 0.0985 e. The third-order valence-corrected chi connectivity index (χ3v) is 11.9. The fourth-order valence-corrected chi connectivity index (χ4v) is 9.24. The molecule has 0 atom stereocenters. The summed E-state index contributed by atoms with van der Waals surface area (Å²) in [5.74, 6) is 0. The summed E-state index contributed by atoms with van der Waals surface area (Å²) in [5.41, 5.74) is 15.9. The summed E-state index contributed by atoms with van der Waals surface area (Å²) in [5, 5.41) is 7.18. The van der Waals surface area contributed by atoms with Crippen molar-refractivity contribution in [2.45, 2.75) is 19.3 Å². The van der Waals surface area contributed by atoms with E-state index in [0.29, 0.717) is 0 Å². The van der Waals surface area contributed by atoms with E-state index in [-0.39, 0.29) is 5.41 Å². The van der Waals surface area contributed by atoms with Crippen molar-refractivity contribution in [3.8, 4) is 55.9 Å². The predicted molar refractivity (Wildman–Crippen MR) is 231 cm³/mol. The van der Waals surface area contributed by atoms with Gasteiger partial charge in [0.25, 0.3) is 0 Å². The van der Waals surface area contributed by atoms with E-state index in [2.05, 4.69) is 184 Å². The van der Waals surface area contributed by atoms with Gasteiger partial charge in [0.15, 0.2) is 0 Å². The van der Waals surface area contributed by atoms with E-state index >= 15 is 0 Å². The highest BCUT2D eigenvalue weighted by atomic mass is 14.8. The van der Waals surface area contributed by atoms with Crippen LogP contribution in [-0.2, 0) is 5.41 Å². The number of nitrogens with zero attached hydrogens (tertiary/aromatic N) is 2. The highest BCUT2D eigenvalue weighted by molar-refractivity contribution is 6.23. The van der Waals surface area contributed by atoms with Crippen LogP contribution in [-0.4, -0.2) is 9.97 Å². The van der Waals surface area contributed by atoms with Crippen LogP contribution >= 0.6 is 0 Å². The van der Waals surface area contributed by atoms with Gasteiger partial charge >= 0.3 is 0 Å². The van der Waals surface area contributed by atoms with Crippen molar-refractivity contribution in [1.82, 2.24) is 9.97 Å². The molecule has 1 heterocycles. The van der Waals surface area contributed by atoms with Crippen molar-refractivity contribution in [3.05, 3.63) is 193 Å². The molecule has 0 aliphatic heterocycles. The fourth-order valence-electron chi connectivity index (χ4n) is 9.24. The Morgan fingerprint density at radius 2 is 0.927 bits per heavy atom. The van der Waals surface area contributed by atoms with Crippen molar-refractivity contribution < 1.29 is 0 Å². The summed E-state index contributed by atoms with van der Waals surface area (Å²) in [7, 11) is 0. The van der Waals surface area contributed by atoms with E-state index in [0.717, 1.165) is 44.3 Å². The zero-order valence-electron chi connectivity index (χ0n) is 30.7. The average Bonchev–Trinajstić information content (AvgIpc) is 3.47. The Bertz CT molecular complexity index is 3170. The van der Waals surface area contributed by atoms with Gasteiger partial charge in [-0.25, -0.2) is 9.97 Å². The maximum atomic E-state index is 5.47. The molecule has 1 aliphatic carbocycles. The Balaban J connectivity index is 1.28. The van der Waals surface area contributed by atoms with Gasteiger partial charge in [0.1, 0.15) is 0 Å². The van der Waals surface area contributed by atoms with Gasteiger partial charge < -0.3 is 0 Å². The van der Waals surface area contributed by atoms with E-state index in [1.165, 1.54) is 66.1 Å². The van der Waals surface area contributed by atoms with E-state index in [1.54, 1.807) is 0 Å². The highest BCUT2D eigenvalue weighted by Crippen LogP contribution is 2.52. The molecule has 10 aromatic rings. The zero-order chi connectivity index (χ0) is 36.7. The second-order valence-corrected chi connectivity index (χ2v) is 15.3. The SMILES string of the molecule is CC1(C)c2ccccc2-c2cc(-c3c4ccccc4c(-c4nc5ccccc5nc4-c4ccccc4)c4ccc(-c5cccc6ccccc56)cc34)ccc21. The normalized spacial score (nSPS) is 13.1. The van der Waals surface area contributed by atoms with Crippen LogP contribution in [0, 0.1) is 0 Å². The van der Waals surface area contributed by atoms with E-state index < -0.39 is 0 Å². The van der Waals surface area contributed by atoms with Crippen LogP contribution in [0.1, 0.15) is 25.0 Å². The molecule has 11 rings (SSSR count). The molecule has 0 fully saturated rings. The third kappa shape index (κ3) is 4.81. The number of hydrogen-bond acceptors (Lipinski definition) is 2. The second kappa shape index (κ2) is 12.1. The first-order valence-electron chi connectivity index (χ1n) is 19.1. The Morgan fingerprint density at radius 1 is 0.345 bits per heavy atom. The molecule has 0 amide bonds. The smallest absolute Gasteiger partial charge is 0.0985 e. The van der Waals surface area contributed by atoms with E-state index in [9.17, 15) is 0 Å². The Kier molecular flexibility index (Phi) is 6.93. The third-order valence-electron chi connectivity index (χ3n) is 11.9. The number of benzene rings is 9. The number of hydrogen-bond donors (Lipinski definition) is 0. The lowest BCUT2D eigenvalue weighted by atomic mass is 9.81. The Hall–Kier alpha value is -6.90. The molecule has 1 aromatic heterocycles. The molecule has 2 nitrogen and oxygen atoms in total. The summed E-state index contributed by atoms with van der Waals surface area (Å²) < 4.78 is 0. The van der Waals surface area contributed by atoms with Gasteiger partial charge in [0.05, 0.1) is 22.4 Å². The number of rotatable bonds is 4. The first kappa shape index (κ1) is 31.6. The molecule has 0 N–H and O–H groups in total. The van der Waals surface area contributed by atoms with E-state index in [4.69, 9.17) is 9.97 Å². The van der Waals surface area contributed by atoms with Crippen molar-refractivity contribution in [3.63, 3.8) is 0 Å². The largest absolute Gasteiger partial charge is 0.244 e. The minimum Gasteiger partial charge on any atom is -0.244 e. The lowest BCUT2D eigenvalue weighted by Crippen LogP contribution is -2.14. The summed E-state index contributed by atoms with van der Waals surface area (Å²) in [4.78, 5) is 10.8. The van der Waals surface area contributed by atoms with Crippen molar-refractivity contribution in [2.24, 2.45) is 0 Å².